The molecule has 0 spiro atoms. The standard InChI is InChI=1S/C24H30N2O2/c1-4-24(2,3)25-22(27)15-16-23(28)26-17-20-11-6-5-9-18(20)13-14-19-10-7-8-12-21(19)26/h5-12H,4,13-17H2,1-3H3,(H,25,27). The van der Waals surface area contributed by atoms with Crippen molar-refractivity contribution in [3.63, 3.8) is 0 Å². The molecular weight excluding hydrogens is 348 g/mol. The lowest BCUT2D eigenvalue weighted by Crippen LogP contribution is -2.43. The topological polar surface area (TPSA) is 49.4 Å². The zero-order valence-corrected chi connectivity index (χ0v) is 17.1. The third kappa shape index (κ3) is 4.80. The Morgan fingerprint density at radius 3 is 2.25 bits per heavy atom. The number of anilines is 1. The van der Waals surface area contributed by atoms with Gasteiger partial charge in [-0.05, 0) is 55.9 Å². The van der Waals surface area contributed by atoms with Gasteiger partial charge in [-0.15, -0.1) is 0 Å². The van der Waals surface area contributed by atoms with Crippen LogP contribution >= 0.6 is 0 Å². The molecule has 28 heavy (non-hydrogen) atoms. The quantitative estimate of drug-likeness (QED) is 0.838. The van der Waals surface area contributed by atoms with Crippen LogP contribution in [-0.2, 0) is 29.0 Å². The number of rotatable bonds is 5. The van der Waals surface area contributed by atoms with Crippen molar-refractivity contribution in [2.45, 2.75) is 65.0 Å². The molecule has 4 nitrogen and oxygen atoms in total. The maximum Gasteiger partial charge on any atom is 0.227 e. The molecule has 4 heteroatoms. The number of amides is 2. The SMILES string of the molecule is CCC(C)(C)NC(=O)CCC(=O)N1Cc2ccccc2CCc2ccccc21. The van der Waals surface area contributed by atoms with Crippen LogP contribution in [0.1, 0.15) is 56.7 Å². The van der Waals surface area contributed by atoms with E-state index in [9.17, 15) is 9.59 Å². The number of carbonyl (C=O) groups excluding carboxylic acids is 2. The first-order valence-electron chi connectivity index (χ1n) is 10.2. The van der Waals surface area contributed by atoms with Crippen LogP contribution in [0.2, 0.25) is 0 Å². The second kappa shape index (κ2) is 8.59. The second-order valence-corrected chi connectivity index (χ2v) is 8.16. The van der Waals surface area contributed by atoms with Gasteiger partial charge in [0.25, 0.3) is 0 Å². The number of nitrogens with zero attached hydrogens (tertiary/aromatic N) is 1. The van der Waals surface area contributed by atoms with Crippen LogP contribution in [0.4, 0.5) is 5.69 Å². The Hall–Kier alpha value is -2.62. The summed E-state index contributed by atoms with van der Waals surface area (Å²) in [7, 11) is 0. The van der Waals surface area contributed by atoms with Crippen LogP contribution in [0, 0.1) is 0 Å². The summed E-state index contributed by atoms with van der Waals surface area (Å²) in [6, 6.07) is 16.4. The fourth-order valence-electron chi connectivity index (χ4n) is 3.57. The van der Waals surface area contributed by atoms with E-state index < -0.39 is 0 Å². The minimum absolute atomic E-state index is 0.00592. The Morgan fingerprint density at radius 1 is 0.929 bits per heavy atom. The first-order valence-corrected chi connectivity index (χ1v) is 10.2. The molecule has 1 heterocycles. The van der Waals surface area contributed by atoms with Gasteiger partial charge in [0.2, 0.25) is 11.8 Å². The Bertz CT molecular complexity index is 857. The molecule has 2 aromatic rings. The molecular formula is C24H30N2O2. The molecule has 1 N–H and O–H groups in total. The monoisotopic (exact) mass is 378 g/mol. The molecule has 2 aromatic carbocycles. The first kappa shape index (κ1) is 20.1. The predicted molar refractivity (Wildman–Crippen MR) is 113 cm³/mol. The molecule has 2 amide bonds. The van der Waals surface area contributed by atoms with Gasteiger partial charge in [0.1, 0.15) is 0 Å². The highest BCUT2D eigenvalue weighted by atomic mass is 16.2. The smallest absolute Gasteiger partial charge is 0.227 e. The molecule has 148 valence electrons. The number of hydrogen-bond acceptors (Lipinski definition) is 2. The first-order chi connectivity index (χ1) is 13.4. The zero-order valence-electron chi connectivity index (χ0n) is 17.1. The van der Waals surface area contributed by atoms with E-state index in [2.05, 4.69) is 29.6 Å². The third-order valence-electron chi connectivity index (χ3n) is 5.62. The second-order valence-electron chi connectivity index (χ2n) is 8.16. The third-order valence-corrected chi connectivity index (χ3v) is 5.62. The largest absolute Gasteiger partial charge is 0.351 e. The maximum absolute atomic E-state index is 13.1. The zero-order chi connectivity index (χ0) is 20.1. The minimum atomic E-state index is -0.244. The van der Waals surface area contributed by atoms with E-state index in [0.717, 1.165) is 24.9 Å². The van der Waals surface area contributed by atoms with Gasteiger partial charge in [-0.25, -0.2) is 0 Å². The predicted octanol–water partition coefficient (Wildman–Crippen LogP) is 4.40. The highest BCUT2D eigenvalue weighted by molar-refractivity contribution is 5.96. The molecule has 3 rings (SSSR count). The summed E-state index contributed by atoms with van der Waals surface area (Å²) in [6.45, 7) is 6.59. The lowest BCUT2D eigenvalue weighted by Gasteiger charge is -2.29. The molecule has 0 saturated carbocycles. The van der Waals surface area contributed by atoms with E-state index >= 15 is 0 Å². The van der Waals surface area contributed by atoms with Crippen molar-refractivity contribution in [2.24, 2.45) is 0 Å². The van der Waals surface area contributed by atoms with Gasteiger partial charge in [-0.1, -0.05) is 49.4 Å². The molecule has 0 aliphatic carbocycles. The average Bonchev–Trinajstić information content (AvgIpc) is 2.67. The molecule has 0 bridgehead atoms. The van der Waals surface area contributed by atoms with Gasteiger partial charge in [0.05, 0.1) is 6.54 Å². The van der Waals surface area contributed by atoms with Crippen molar-refractivity contribution >= 4 is 17.5 Å². The molecule has 0 fully saturated rings. The Morgan fingerprint density at radius 2 is 1.54 bits per heavy atom. The highest BCUT2D eigenvalue weighted by Gasteiger charge is 2.24. The fourth-order valence-corrected chi connectivity index (χ4v) is 3.57. The van der Waals surface area contributed by atoms with Gasteiger partial charge in [-0.3, -0.25) is 9.59 Å². The van der Waals surface area contributed by atoms with Gasteiger partial charge in [-0.2, -0.15) is 0 Å². The van der Waals surface area contributed by atoms with Crippen molar-refractivity contribution in [1.82, 2.24) is 5.32 Å². The van der Waals surface area contributed by atoms with Crippen LogP contribution in [0.15, 0.2) is 48.5 Å². The van der Waals surface area contributed by atoms with E-state index in [1.54, 1.807) is 0 Å². The van der Waals surface area contributed by atoms with Gasteiger partial charge in [0.15, 0.2) is 0 Å². The summed E-state index contributed by atoms with van der Waals surface area (Å²) in [4.78, 5) is 27.3. The molecule has 0 radical (unpaired) electrons. The van der Waals surface area contributed by atoms with E-state index in [1.165, 1.54) is 16.7 Å². The van der Waals surface area contributed by atoms with Crippen molar-refractivity contribution in [2.75, 3.05) is 4.90 Å². The lowest BCUT2D eigenvalue weighted by atomic mass is 9.95. The van der Waals surface area contributed by atoms with Crippen molar-refractivity contribution in [3.05, 3.63) is 65.2 Å². The summed E-state index contributed by atoms with van der Waals surface area (Å²) >= 11 is 0. The van der Waals surface area contributed by atoms with Gasteiger partial charge >= 0.3 is 0 Å². The molecule has 1 aliphatic rings. The fraction of sp³-hybridized carbons (Fsp3) is 0.417. The number of fused-ring (bicyclic) bond motifs is 2. The molecule has 0 saturated heterocycles. The van der Waals surface area contributed by atoms with E-state index in [4.69, 9.17) is 0 Å². The minimum Gasteiger partial charge on any atom is -0.351 e. The molecule has 0 atom stereocenters. The average molecular weight is 379 g/mol. The van der Waals surface area contributed by atoms with Crippen LogP contribution in [0.3, 0.4) is 0 Å². The number of aryl methyl sites for hydroxylation is 2. The highest BCUT2D eigenvalue weighted by Crippen LogP contribution is 2.29. The Labute approximate surface area is 167 Å². The summed E-state index contributed by atoms with van der Waals surface area (Å²) < 4.78 is 0. The van der Waals surface area contributed by atoms with Crippen LogP contribution in [-0.4, -0.2) is 17.4 Å². The van der Waals surface area contributed by atoms with Gasteiger partial charge in [0, 0.05) is 24.1 Å². The van der Waals surface area contributed by atoms with Crippen molar-refractivity contribution < 1.29 is 9.59 Å². The van der Waals surface area contributed by atoms with Crippen LogP contribution in [0.5, 0.6) is 0 Å². The van der Waals surface area contributed by atoms with Crippen LogP contribution in [0.25, 0.3) is 0 Å². The number of hydrogen-bond donors (Lipinski definition) is 1. The van der Waals surface area contributed by atoms with Crippen molar-refractivity contribution in [1.29, 1.82) is 0 Å². The maximum atomic E-state index is 13.1. The summed E-state index contributed by atoms with van der Waals surface area (Å²) in [6.07, 6.45) is 3.15. The molecule has 1 aliphatic heterocycles. The lowest BCUT2D eigenvalue weighted by molar-refractivity contribution is -0.126. The molecule has 0 aromatic heterocycles. The van der Waals surface area contributed by atoms with E-state index in [-0.39, 0.29) is 30.2 Å². The number of nitrogens with one attached hydrogen (secondary N) is 1. The normalized spacial score (nSPS) is 13.8. The number of carbonyl (C=O) groups is 2. The number of para-hydroxylation sites is 1. The number of benzene rings is 2. The van der Waals surface area contributed by atoms with Gasteiger partial charge < -0.3 is 10.2 Å². The Kier molecular flexibility index (Phi) is 6.18. The van der Waals surface area contributed by atoms with E-state index in [1.807, 2.05) is 49.9 Å². The molecule has 0 unspecified atom stereocenters. The Balaban J connectivity index is 1.78. The van der Waals surface area contributed by atoms with Crippen LogP contribution < -0.4 is 10.2 Å². The summed E-state index contributed by atoms with van der Waals surface area (Å²) in [5.41, 5.74) is 4.38. The van der Waals surface area contributed by atoms with Crippen molar-refractivity contribution in [3.8, 4) is 0 Å². The van der Waals surface area contributed by atoms with E-state index in [0.29, 0.717) is 6.54 Å². The summed E-state index contributed by atoms with van der Waals surface area (Å²) in [5, 5.41) is 3.01. The summed E-state index contributed by atoms with van der Waals surface area (Å²) in [5.74, 6) is -0.0745.